The average molecular weight is 866 g/mol. The molecule has 0 aliphatic rings. The number of imidazole rings is 2. The van der Waals surface area contributed by atoms with Crippen molar-refractivity contribution in [1.29, 1.82) is 0 Å². The number of benzene rings is 4. The van der Waals surface area contributed by atoms with Gasteiger partial charge in [-0.15, -0.1) is 0 Å². The van der Waals surface area contributed by atoms with E-state index in [4.69, 9.17) is 15.8 Å². The Kier molecular flexibility index (Phi) is 14.6. The number of sulfonamides is 2. The van der Waals surface area contributed by atoms with Crippen molar-refractivity contribution in [3.8, 4) is 22.5 Å². The highest BCUT2D eigenvalue weighted by atomic mass is 32.2. The summed E-state index contributed by atoms with van der Waals surface area (Å²) < 4.78 is 130. The molecule has 0 spiro atoms. The molecule has 0 atom stereocenters. The zero-order valence-electron chi connectivity index (χ0n) is 31.7. The molecule has 0 amide bonds. The quantitative estimate of drug-likeness (QED) is 0.0787. The number of hydrogen-bond acceptors (Lipinski definition) is 9. The number of nitrogen functional groups attached to an aromatic ring is 1. The lowest BCUT2D eigenvalue weighted by molar-refractivity contribution is -0.138. The molecular weight excluding hydrogens is 827 g/mol. The van der Waals surface area contributed by atoms with Crippen LogP contribution in [0.15, 0.2) is 120 Å². The predicted molar refractivity (Wildman–Crippen MR) is 210 cm³/mol. The topological polar surface area (TPSA) is 194 Å². The fraction of sp³-hybridized carbons (Fsp3) is 0.189. The van der Waals surface area contributed by atoms with Crippen molar-refractivity contribution in [3.63, 3.8) is 0 Å². The van der Waals surface area contributed by atoms with Gasteiger partial charge in [-0.05, 0) is 79.6 Å². The molecule has 0 fully saturated rings. The highest BCUT2D eigenvalue weighted by molar-refractivity contribution is 7.89. The zero-order chi connectivity index (χ0) is 43.9. The standard InChI is InChI=1S/C19H18F3N3O2S.C11H14N4O2S.C7H6BF3O2/c1-23-28(26,27)16-8-5-14(17(10-16)18-11-25(2)12-24-18)9-13-3-6-15(7-4-13)19(20,21)22;1-13-18(16,17)8-3-4-10(12)9(5-8)11-6-15(2)7-14-11;9-7(10,11)5-1-3-6(4-2-5)8(12)13/h3-8,10-12,23H,9H2,1-2H3;3-7,13H,12H2,1-2H3;1-4,12-13H. The summed E-state index contributed by atoms with van der Waals surface area (Å²) in [5.74, 6) is 0. The predicted octanol–water partition coefficient (Wildman–Crippen LogP) is 4.57. The molecular formula is C37H38BF6N7O6S2. The van der Waals surface area contributed by atoms with E-state index in [0.717, 1.165) is 42.0 Å². The third kappa shape index (κ3) is 12.3. The Morgan fingerprint density at radius 1 is 0.661 bits per heavy atom. The lowest BCUT2D eigenvalue weighted by atomic mass is 9.80. The maximum Gasteiger partial charge on any atom is 0.488 e. The van der Waals surface area contributed by atoms with Crippen molar-refractivity contribution in [2.24, 2.45) is 14.1 Å². The monoisotopic (exact) mass is 865 g/mol. The van der Waals surface area contributed by atoms with Gasteiger partial charge < -0.3 is 24.9 Å². The fourth-order valence-electron chi connectivity index (χ4n) is 5.25. The van der Waals surface area contributed by atoms with Crippen LogP contribution in [0.3, 0.4) is 0 Å². The van der Waals surface area contributed by atoms with Gasteiger partial charge in [-0.3, -0.25) is 0 Å². The van der Waals surface area contributed by atoms with Crippen LogP contribution >= 0.6 is 0 Å². The molecule has 6 rings (SSSR count). The minimum Gasteiger partial charge on any atom is -0.423 e. The normalized spacial score (nSPS) is 11.9. The molecule has 0 radical (unpaired) electrons. The molecule has 13 nitrogen and oxygen atoms in total. The number of nitrogens with one attached hydrogen (secondary N) is 2. The summed E-state index contributed by atoms with van der Waals surface area (Å²) >= 11 is 0. The Labute approximate surface area is 336 Å². The molecule has 0 saturated heterocycles. The van der Waals surface area contributed by atoms with Crippen molar-refractivity contribution < 1.29 is 53.2 Å². The second-order valence-corrected chi connectivity index (χ2v) is 16.5. The summed E-state index contributed by atoms with van der Waals surface area (Å²) in [5, 5.41) is 17.2. The first-order valence-electron chi connectivity index (χ1n) is 17.0. The van der Waals surface area contributed by atoms with Gasteiger partial charge in [0.15, 0.2) is 0 Å². The Morgan fingerprint density at radius 3 is 1.49 bits per heavy atom. The number of rotatable bonds is 9. The minimum atomic E-state index is -4.39. The summed E-state index contributed by atoms with van der Waals surface area (Å²) in [5.41, 5.74) is 8.72. The second-order valence-electron chi connectivity index (χ2n) is 12.7. The van der Waals surface area contributed by atoms with Crippen molar-refractivity contribution in [2.75, 3.05) is 19.8 Å². The summed E-state index contributed by atoms with van der Waals surface area (Å²) in [6.07, 6.45) is -1.68. The number of nitrogens with two attached hydrogens (primary N) is 1. The van der Waals surface area contributed by atoms with E-state index < -0.39 is 50.6 Å². The molecule has 22 heteroatoms. The molecule has 0 aliphatic heterocycles. The zero-order valence-corrected chi connectivity index (χ0v) is 33.3. The van der Waals surface area contributed by atoms with Crippen LogP contribution in [-0.2, 0) is 52.9 Å². The highest BCUT2D eigenvalue weighted by Gasteiger charge is 2.31. The molecule has 0 bridgehead atoms. The first kappa shape index (κ1) is 46.2. The van der Waals surface area contributed by atoms with Crippen LogP contribution in [0.4, 0.5) is 32.0 Å². The van der Waals surface area contributed by atoms with Crippen LogP contribution in [0, 0.1) is 0 Å². The number of hydrogen-bond donors (Lipinski definition) is 5. The third-order valence-electron chi connectivity index (χ3n) is 8.44. The number of aryl methyl sites for hydroxylation is 2. The van der Waals surface area contributed by atoms with Crippen LogP contribution in [0.25, 0.3) is 22.5 Å². The van der Waals surface area contributed by atoms with Crippen molar-refractivity contribution >= 4 is 38.3 Å². The number of nitrogens with zero attached hydrogens (tertiary/aromatic N) is 4. The van der Waals surface area contributed by atoms with Crippen molar-refractivity contribution in [2.45, 2.75) is 28.6 Å². The van der Waals surface area contributed by atoms with E-state index >= 15 is 0 Å². The largest absolute Gasteiger partial charge is 0.488 e. The Hall–Kier alpha value is -5.52. The van der Waals surface area contributed by atoms with Gasteiger partial charge in [0.05, 0.1) is 45.0 Å². The van der Waals surface area contributed by atoms with E-state index in [-0.39, 0.29) is 15.3 Å². The van der Waals surface area contributed by atoms with Crippen LogP contribution in [-0.4, -0.2) is 67.2 Å². The molecule has 59 heavy (non-hydrogen) atoms. The molecule has 6 N–H and O–H groups in total. The van der Waals surface area contributed by atoms with Gasteiger partial charge in [-0.1, -0.05) is 42.5 Å². The maximum atomic E-state index is 12.8. The summed E-state index contributed by atoms with van der Waals surface area (Å²) in [6, 6.07) is 17.8. The van der Waals surface area contributed by atoms with Gasteiger partial charge in [0.2, 0.25) is 20.0 Å². The van der Waals surface area contributed by atoms with E-state index in [1.165, 1.54) is 50.5 Å². The fourth-order valence-corrected chi connectivity index (χ4v) is 6.77. The van der Waals surface area contributed by atoms with E-state index in [1.54, 1.807) is 53.4 Å². The van der Waals surface area contributed by atoms with Crippen LogP contribution in [0.2, 0.25) is 0 Å². The third-order valence-corrected chi connectivity index (χ3v) is 11.3. The maximum absolute atomic E-state index is 12.8. The number of aromatic nitrogens is 4. The summed E-state index contributed by atoms with van der Waals surface area (Å²) in [7, 11) is -2.54. The van der Waals surface area contributed by atoms with E-state index in [9.17, 15) is 43.2 Å². The van der Waals surface area contributed by atoms with Crippen molar-refractivity contribution in [1.82, 2.24) is 28.5 Å². The minimum absolute atomic E-state index is 0.0352. The molecule has 4 aromatic carbocycles. The smallest absolute Gasteiger partial charge is 0.423 e. The Bertz CT molecular complexity index is 2580. The first-order valence-corrected chi connectivity index (χ1v) is 20.0. The number of anilines is 1. The highest BCUT2D eigenvalue weighted by Crippen LogP contribution is 2.32. The SMILES string of the molecule is CNS(=O)(=O)c1ccc(Cc2ccc(C(F)(F)F)cc2)c(-c2cn(C)cn2)c1.CNS(=O)(=O)c1ccc(N)c(-c2cn(C)cn2)c1.OB(O)c1ccc(C(F)(F)F)cc1. The van der Waals surface area contributed by atoms with E-state index in [0.29, 0.717) is 40.2 Å². The van der Waals surface area contributed by atoms with Gasteiger partial charge >= 0.3 is 19.5 Å². The van der Waals surface area contributed by atoms with Gasteiger partial charge in [-0.2, -0.15) is 26.3 Å². The van der Waals surface area contributed by atoms with Gasteiger partial charge in [0.25, 0.3) is 0 Å². The van der Waals surface area contributed by atoms with Crippen LogP contribution in [0.5, 0.6) is 0 Å². The van der Waals surface area contributed by atoms with Gasteiger partial charge in [0.1, 0.15) is 0 Å². The summed E-state index contributed by atoms with van der Waals surface area (Å²) in [4.78, 5) is 8.70. The Morgan fingerprint density at radius 2 is 1.08 bits per heavy atom. The molecule has 2 aromatic heterocycles. The summed E-state index contributed by atoms with van der Waals surface area (Å²) in [6.45, 7) is 0. The number of alkyl halides is 6. The van der Waals surface area contributed by atoms with Gasteiger partial charge in [-0.25, -0.2) is 36.2 Å². The molecule has 0 unspecified atom stereocenters. The van der Waals surface area contributed by atoms with E-state index in [1.807, 2.05) is 7.05 Å². The van der Waals surface area contributed by atoms with Gasteiger partial charge in [0, 0.05) is 43.3 Å². The molecule has 314 valence electrons. The lowest BCUT2D eigenvalue weighted by Gasteiger charge is -2.12. The molecule has 6 aromatic rings. The lowest BCUT2D eigenvalue weighted by Crippen LogP contribution is -2.29. The molecule has 2 heterocycles. The average Bonchev–Trinajstić information content (AvgIpc) is 3.82. The Balaban J connectivity index is 0.000000213. The van der Waals surface area contributed by atoms with Crippen LogP contribution in [0.1, 0.15) is 22.3 Å². The molecule has 0 aliphatic carbocycles. The second kappa shape index (κ2) is 18.6. The van der Waals surface area contributed by atoms with Crippen LogP contribution < -0.4 is 20.6 Å². The number of halogens is 6. The van der Waals surface area contributed by atoms with E-state index in [2.05, 4.69) is 19.4 Å². The molecule has 0 saturated carbocycles. The first-order chi connectivity index (χ1) is 27.4. The van der Waals surface area contributed by atoms with Crippen molar-refractivity contribution in [3.05, 3.63) is 132 Å².